The number of aliphatic hydroxyl groups excluding tert-OH is 1. The molecule has 33 heavy (non-hydrogen) atoms. The van der Waals surface area contributed by atoms with E-state index in [0.29, 0.717) is 28.3 Å². The summed E-state index contributed by atoms with van der Waals surface area (Å²) in [6.07, 6.45) is 14.3. The first kappa shape index (κ1) is 24.4. The summed E-state index contributed by atoms with van der Waals surface area (Å²) in [5.41, 5.74) is 5.18. The Morgan fingerprint density at radius 1 is 0.727 bits per heavy atom. The summed E-state index contributed by atoms with van der Waals surface area (Å²) >= 11 is 0. The van der Waals surface area contributed by atoms with E-state index in [1.54, 1.807) is 0 Å². The maximum absolute atomic E-state index is 10.9. The van der Waals surface area contributed by atoms with Gasteiger partial charge in [-0.3, -0.25) is 0 Å². The summed E-state index contributed by atoms with van der Waals surface area (Å²) in [5, 5.41) is 10.9. The number of fused-ring (bicyclic) bond motifs is 5. The largest absolute Gasteiger partial charge is 0.393 e. The van der Waals surface area contributed by atoms with Crippen LogP contribution in [0.25, 0.3) is 0 Å². The van der Waals surface area contributed by atoms with Crippen LogP contribution in [0.1, 0.15) is 119 Å². The number of rotatable bonds is 1. The summed E-state index contributed by atoms with van der Waals surface area (Å²) in [6, 6.07) is 0. The van der Waals surface area contributed by atoms with Crippen LogP contribution in [-0.2, 0) is 4.74 Å². The molecule has 5 aliphatic rings. The molecule has 0 heterocycles. The van der Waals surface area contributed by atoms with Crippen LogP contribution in [0.5, 0.6) is 0 Å². The second-order valence-electron chi connectivity index (χ2n) is 15.1. The summed E-state index contributed by atoms with van der Waals surface area (Å²) < 4.78 is 6.04. The maximum atomic E-state index is 10.9. The predicted octanol–water partition coefficient (Wildman–Crippen LogP) is 7.94. The van der Waals surface area contributed by atoms with Gasteiger partial charge in [-0.25, -0.2) is 0 Å². The predicted molar refractivity (Wildman–Crippen MR) is 137 cm³/mol. The van der Waals surface area contributed by atoms with E-state index >= 15 is 0 Å². The molecule has 0 spiro atoms. The van der Waals surface area contributed by atoms with Gasteiger partial charge in [-0.05, 0) is 115 Å². The minimum absolute atomic E-state index is 0.0358. The second-order valence-corrected chi connectivity index (χ2v) is 15.1. The van der Waals surface area contributed by atoms with Crippen molar-refractivity contribution in [2.45, 2.75) is 131 Å². The normalized spacial score (nSPS) is 51.0. The first-order valence-electron chi connectivity index (χ1n) is 14.2. The number of allylic oxidation sites excluding steroid dienone is 2. The molecule has 188 valence electrons. The third-order valence-electron chi connectivity index (χ3n) is 13.0. The fourth-order valence-electron chi connectivity index (χ4n) is 11.3. The zero-order valence-electron chi connectivity index (χ0n) is 23.0. The molecule has 0 aromatic rings. The number of methoxy groups -OCH3 is 1. The average Bonchev–Trinajstić information content (AvgIpc) is 2.88. The van der Waals surface area contributed by atoms with E-state index in [1.165, 1.54) is 64.2 Å². The maximum Gasteiger partial charge on any atom is 0.0625 e. The first-order chi connectivity index (χ1) is 15.3. The lowest BCUT2D eigenvalue weighted by molar-refractivity contribution is -0.178. The molecule has 3 saturated carbocycles. The van der Waals surface area contributed by atoms with Crippen LogP contribution < -0.4 is 0 Å². The molecule has 0 saturated heterocycles. The van der Waals surface area contributed by atoms with Crippen molar-refractivity contribution in [3.63, 3.8) is 0 Å². The Balaban J connectivity index is 1.49. The number of hydrogen-bond donors (Lipinski definition) is 1. The Kier molecular flexibility index (Phi) is 5.60. The number of aliphatic hydroxyl groups is 1. The van der Waals surface area contributed by atoms with Gasteiger partial charge < -0.3 is 9.84 Å². The van der Waals surface area contributed by atoms with E-state index in [1.807, 2.05) is 18.3 Å². The standard InChI is InChI=1S/C31H52O2/c1-27(2)22-11-9-20-19-29(5)16-13-23-28(3,4)26(33-8)15-18-31(23,7)24(29)12-10-21(20)30(22,6)17-14-25(27)32/h22-26,32H,9-19H2,1-8H3/t22-,23-,24+,25+,26-,29-,30+,31-/m0/s1. The van der Waals surface area contributed by atoms with Crippen LogP contribution in [0, 0.1) is 44.8 Å². The van der Waals surface area contributed by atoms with Crippen LogP contribution >= 0.6 is 0 Å². The number of ether oxygens (including phenoxy) is 1. The Bertz CT molecular complexity index is 823. The fraction of sp³-hybridized carbons (Fsp3) is 0.935. The van der Waals surface area contributed by atoms with Gasteiger partial charge in [0.05, 0.1) is 12.2 Å². The van der Waals surface area contributed by atoms with Crippen molar-refractivity contribution in [3.05, 3.63) is 11.1 Å². The van der Waals surface area contributed by atoms with E-state index in [9.17, 15) is 5.11 Å². The molecule has 2 nitrogen and oxygen atoms in total. The van der Waals surface area contributed by atoms with Gasteiger partial charge in [0.1, 0.15) is 0 Å². The Morgan fingerprint density at radius 2 is 1.42 bits per heavy atom. The van der Waals surface area contributed by atoms with Crippen LogP contribution in [0.2, 0.25) is 0 Å². The van der Waals surface area contributed by atoms with Gasteiger partial charge in [0.15, 0.2) is 0 Å². The highest BCUT2D eigenvalue weighted by atomic mass is 16.5. The molecule has 3 fully saturated rings. The van der Waals surface area contributed by atoms with Crippen molar-refractivity contribution in [1.29, 1.82) is 0 Å². The van der Waals surface area contributed by atoms with Crippen molar-refractivity contribution < 1.29 is 9.84 Å². The number of hydrogen-bond acceptors (Lipinski definition) is 2. The van der Waals surface area contributed by atoms with Crippen LogP contribution in [0.15, 0.2) is 11.1 Å². The Labute approximate surface area is 204 Å². The van der Waals surface area contributed by atoms with Crippen LogP contribution in [0.4, 0.5) is 0 Å². The van der Waals surface area contributed by atoms with Crippen molar-refractivity contribution in [3.8, 4) is 0 Å². The molecule has 0 bridgehead atoms. The van der Waals surface area contributed by atoms with Gasteiger partial charge in [0.25, 0.3) is 0 Å². The molecular weight excluding hydrogens is 404 g/mol. The van der Waals surface area contributed by atoms with Gasteiger partial charge in [-0.2, -0.15) is 0 Å². The lowest BCUT2D eigenvalue weighted by Crippen LogP contribution is -2.58. The molecule has 0 unspecified atom stereocenters. The van der Waals surface area contributed by atoms with E-state index in [-0.39, 0.29) is 16.9 Å². The molecule has 5 aliphatic carbocycles. The summed E-state index contributed by atoms with van der Waals surface area (Å²) in [6.45, 7) is 17.7. The van der Waals surface area contributed by atoms with E-state index in [0.717, 1.165) is 18.3 Å². The molecule has 0 radical (unpaired) electrons. The molecule has 2 heteroatoms. The lowest BCUT2D eigenvalue weighted by Gasteiger charge is -2.64. The van der Waals surface area contributed by atoms with Gasteiger partial charge in [0.2, 0.25) is 0 Å². The van der Waals surface area contributed by atoms with E-state index in [2.05, 4.69) is 48.5 Å². The van der Waals surface area contributed by atoms with E-state index < -0.39 is 0 Å². The van der Waals surface area contributed by atoms with Gasteiger partial charge in [0, 0.05) is 7.11 Å². The highest BCUT2D eigenvalue weighted by Gasteiger charge is 2.62. The quantitative estimate of drug-likeness (QED) is 0.406. The molecule has 0 aliphatic heterocycles. The molecule has 1 N–H and O–H groups in total. The second kappa shape index (κ2) is 7.58. The lowest BCUT2D eigenvalue weighted by atomic mass is 9.42. The monoisotopic (exact) mass is 456 g/mol. The SMILES string of the molecule is CO[C@H]1CC[C@]2(C)[C@@H]3CCC4=C(CC[C@H]5C(C)(C)[C@H](O)CC[C@]45C)C[C@]3(C)CC[C@H]2C1(C)C. The molecule has 0 amide bonds. The topological polar surface area (TPSA) is 29.5 Å². The minimum atomic E-state index is -0.138. The summed E-state index contributed by atoms with van der Waals surface area (Å²) in [5.74, 6) is 2.21. The Hall–Kier alpha value is -0.340. The van der Waals surface area contributed by atoms with Gasteiger partial charge in [-0.1, -0.05) is 59.6 Å². The zero-order chi connectivity index (χ0) is 24.0. The van der Waals surface area contributed by atoms with Crippen molar-refractivity contribution in [2.24, 2.45) is 44.8 Å². The van der Waals surface area contributed by atoms with Gasteiger partial charge >= 0.3 is 0 Å². The fourth-order valence-corrected chi connectivity index (χ4v) is 11.3. The van der Waals surface area contributed by atoms with Crippen molar-refractivity contribution >= 4 is 0 Å². The average molecular weight is 457 g/mol. The van der Waals surface area contributed by atoms with Crippen molar-refractivity contribution in [2.75, 3.05) is 7.11 Å². The highest BCUT2D eigenvalue weighted by Crippen LogP contribution is 2.70. The van der Waals surface area contributed by atoms with Crippen LogP contribution in [-0.4, -0.2) is 24.4 Å². The molecule has 5 rings (SSSR count). The summed E-state index contributed by atoms with van der Waals surface area (Å²) in [7, 11) is 1.94. The van der Waals surface area contributed by atoms with E-state index in [4.69, 9.17) is 4.74 Å². The van der Waals surface area contributed by atoms with Gasteiger partial charge in [-0.15, -0.1) is 0 Å². The molecule has 0 aromatic carbocycles. The van der Waals surface area contributed by atoms with Crippen molar-refractivity contribution in [1.82, 2.24) is 0 Å². The minimum Gasteiger partial charge on any atom is -0.393 e. The highest BCUT2D eigenvalue weighted by molar-refractivity contribution is 5.32. The Morgan fingerprint density at radius 3 is 2.12 bits per heavy atom. The van der Waals surface area contributed by atoms with Crippen LogP contribution in [0.3, 0.4) is 0 Å². The summed E-state index contributed by atoms with van der Waals surface area (Å²) in [4.78, 5) is 0. The molecule has 8 atom stereocenters. The zero-order valence-corrected chi connectivity index (χ0v) is 23.0. The molecule has 0 aromatic heterocycles. The molecular formula is C31H52O2. The smallest absolute Gasteiger partial charge is 0.0625 e. The first-order valence-corrected chi connectivity index (χ1v) is 14.2. The third kappa shape index (κ3) is 3.24. The third-order valence-corrected chi connectivity index (χ3v) is 13.0.